The predicted molar refractivity (Wildman–Crippen MR) is 78.7 cm³/mol. The molecule has 3 rings (SSSR count). The number of pyridine rings is 1. The zero-order valence-electron chi connectivity index (χ0n) is 10.6. The summed E-state index contributed by atoms with van der Waals surface area (Å²) in [6.07, 6.45) is 1.70. The number of hydrogen-bond donors (Lipinski definition) is 2. The number of rotatable bonds is 3. The van der Waals surface area contributed by atoms with E-state index in [0.717, 1.165) is 16.6 Å². The summed E-state index contributed by atoms with van der Waals surface area (Å²) in [5.74, 6) is -0.178. The van der Waals surface area contributed by atoms with Crippen LogP contribution >= 0.6 is 11.6 Å². The molecule has 0 aliphatic heterocycles. The van der Waals surface area contributed by atoms with Gasteiger partial charge in [-0.1, -0.05) is 29.8 Å². The van der Waals surface area contributed by atoms with Gasteiger partial charge in [-0.2, -0.15) is 0 Å². The van der Waals surface area contributed by atoms with Gasteiger partial charge >= 0.3 is 0 Å². The molecule has 0 bridgehead atoms. The molecule has 5 heteroatoms. The molecule has 0 saturated heterocycles. The van der Waals surface area contributed by atoms with Gasteiger partial charge in [0.25, 0.3) is 5.91 Å². The van der Waals surface area contributed by atoms with Crippen molar-refractivity contribution >= 4 is 28.5 Å². The summed E-state index contributed by atoms with van der Waals surface area (Å²) in [7, 11) is 0. The Morgan fingerprint density at radius 2 is 2.10 bits per heavy atom. The molecule has 4 nitrogen and oxygen atoms in total. The van der Waals surface area contributed by atoms with Crippen LogP contribution in [-0.2, 0) is 6.54 Å². The number of halogens is 1. The van der Waals surface area contributed by atoms with Gasteiger partial charge < -0.3 is 10.3 Å². The topological polar surface area (TPSA) is 57.8 Å². The molecule has 3 aromatic rings. The minimum Gasteiger partial charge on any atom is -0.349 e. The van der Waals surface area contributed by atoms with Crippen molar-refractivity contribution in [1.82, 2.24) is 15.3 Å². The van der Waals surface area contributed by atoms with Crippen LogP contribution in [0.15, 0.2) is 48.7 Å². The molecular weight excluding hydrogens is 274 g/mol. The van der Waals surface area contributed by atoms with Crippen molar-refractivity contribution in [2.75, 3.05) is 0 Å². The maximum atomic E-state index is 12.1. The molecule has 1 amide bonds. The van der Waals surface area contributed by atoms with Crippen molar-refractivity contribution in [2.24, 2.45) is 0 Å². The van der Waals surface area contributed by atoms with E-state index in [-0.39, 0.29) is 5.91 Å². The van der Waals surface area contributed by atoms with Gasteiger partial charge in [-0.25, -0.2) is 0 Å². The first-order valence-electron chi connectivity index (χ1n) is 6.19. The Morgan fingerprint density at radius 3 is 2.90 bits per heavy atom. The molecule has 0 aliphatic carbocycles. The van der Waals surface area contributed by atoms with Crippen molar-refractivity contribution in [3.63, 3.8) is 0 Å². The van der Waals surface area contributed by atoms with Gasteiger partial charge in [-0.15, -0.1) is 0 Å². The Hall–Kier alpha value is -2.33. The Morgan fingerprint density at radius 1 is 1.25 bits per heavy atom. The van der Waals surface area contributed by atoms with Crippen LogP contribution in [-0.4, -0.2) is 15.9 Å². The lowest BCUT2D eigenvalue weighted by Gasteiger charge is -2.05. The van der Waals surface area contributed by atoms with Gasteiger partial charge in [0.05, 0.1) is 11.0 Å². The van der Waals surface area contributed by atoms with E-state index in [9.17, 15) is 4.79 Å². The molecule has 20 heavy (non-hydrogen) atoms. The lowest BCUT2D eigenvalue weighted by Crippen LogP contribution is -2.23. The van der Waals surface area contributed by atoms with E-state index in [1.807, 2.05) is 30.3 Å². The lowest BCUT2D eigenvalue weighted by molar-refractivity contribution is 0.0947. The zero-order chi connectivity index (χ0) is 13.9. The molecule has 1 aromatic carbocycles. The summed E-state index contributed by atoms with van der Waals surface area (Å²) in [6.45, 7) is 0.390. The van der Waals surface area contributed by atoms with E-state index in [0.29, 0.717) is 17.3 Å². The average Bonchev–Trinajstić information content (AvgIpc) is 2.90. The first-order valence-corrected chi connectivity index (χ1v) is 6.57. The second-order valence-corrected chi connectivity index (χ2v) is 4.80. The third-order valence-corrected chi connectivity index (χ3v) is 3.40. The Kier molecular flexibility index (Phi) is 3.39. The highest BCUT2D eigenvalue weighted by atomic mass is 35.5. The van der Waals surface area contributed by atoms with E-state index < -0.39 is 0 Å². The summed E-state index contributed by atoms with van der Waals surface area (Å²) in [4.78, 5) is 19.3. The van der Waals surface area contributed by atoms with Crippen LogP contribution in [0.2, 0.25) is 5.02 Å². The molecule has 2 N–H and O–H groups in total. The average molecular weight is 286 g/mol. The Balaban J connectivity index is 1.75. The molecule has 0 unspecified atom stereocenters. The summed E-state index contributed by atoms with van der Waals surface area (Å²) in [5.41, 5.74) is 2.99. The maximum absolute atomic E-state index is 12.1. The van der Waals surface area contributed by atoms with Crippen LogP contribution < -0.4 is 5.32 Å². The number of aromatic nitrogens is 2. The highest BCUT2D eigenvalue weighted by Crippen LogP contribution is 2.15. The third kappa shape index (κ3) is 2.51. The Labute approximate surface area is 120 Å². The standard InChI is InChI=1S/C15H12ClN3O/c16-11-5-2-1-4-10(11)9-18-15(20)14-8-13-12(19-14)6-3-7-17-13/h1-8,19H,9H2,(H,18,20). The van der Waals surface area contributed by atoms with Crippen molar-refractivity contribution in [2.45, 2.75) is 6.54 Å². The minimum absolute atomic E-state index is 0.178. The molecule has 100 valence electrons. The van der Waals surface area contributed by atoms with Crippen molar-refractivity contribution in [1.29, 1.82) is 0 Å². The number of aromatic amines is 1. The molecular formula is C15H12ClN3O. The fourth-order valence-corrected chi connectivity index (χ4v) is 2.19. The molecule has 0 atom stereocenters. The predicted octanol–water partition coefficient (Wildman–Crippen LogP) is 3.15. The number of hydrogen-bond acceptors (Lipinski definition) is 2. The zero-order valence-corrected chi connectivity index (χ0v) is 11.3. The molecule has 0 spiro atoms. The largest absolute Gasteiger partial charge is 0.349 e. The molecule has 2 aromatic heterocycles. The number of amides is 1. The molecule has 0 fully saturated rings. The lowest BCUT2D eigenvalue weighted by atomic mass is 10.2. The van der Waals surface area contributed by atoms with Crippen LogP contribution in [0.25, 0.3) is 11.0 Å². The smallest absolute Gasteiger partial charge is 0.268 e. The number of carbonyl (C=O) groups is 1. The number of nitrogens with zero attached hydrogens (tertiary/aromatic N) is 1. The van der Waals surface area contributed by atoms with E-state index in [1.54, 1.807) is 18.3 Å². The van der Waals surface area contributed by atoms with Gasteiger partial charge in [0.1, 0.15) is 5.69 Å². The molecule has 2 heterocycles. The summed E-state index contributed by atoms with van der Waals surface area (Å²) >= 11 is 6.05. The van der Waals surface area contributed by atoms with Crippen LogP contribution in [0.4, 0.5) is 0 Å². The highest BCUT2D eigenvalue weighted by molar-refractivity contribution is 6.31. The third-order valence-electron chi connectivity index (χ3n) is 3.03. The number of carbonyl (C=O) groups excluding carboxylic acids is 1. The highest BCUT2D eigenvalue weighted by Gasteiger charge is 2.10. The van der Waals surface area contributed by atoms with E-state index >= 15 is 0 Å². The van der Waals surface area contributed by atoms with Gasteiger partial charge in [-0.3, -0.25) is 9.78 Å². The Bertz CT molecular complexity index is 733. The van der Waals surface area contributed by atoms with E-state index in [4.69, 9.17) is 11.6 Å². The van der Waals surface area contributed by atoms with E-state index in [2.05, 4.69) is 15.3 Å². The van der Waals surface area contributed by atoms with E-state index in [1.165, 1.54) is 0 Å². The fraction of sp³-hybridized carbons (Fsp3) is 0.0667. The summed E-state index contributed by atoms with van der Waals surface area (Å²) < 4.78 is 0. The number of H-pyrrole nitrogens is 1. The second kappa shape index (κ2) is 5.35. The SMILES string of the molecule is O=C(NCc1ccccc1Cl)c1cc2ncccc2[nH]1. The molecule has 0 radical (unpaired) electrons. The van der Waals surface area contributed by atoms with Gasteiger partial charge in [0, 0.05) is 17.8 Å². The first-order chi connectivity index (χ1) is 9.74. The van der Waals surface area contributed by atoms with Gasteiger partial charge in [-0.05, 0) is 29.8 Å². The summed E-state index contributed by atoms with van der Waals surface area (Å²) in [5, 5.41) is 3.48. The van der Waals surface area contributed by atoms with Crippen molar-refractivity contribution in [3.05, 3.63) is 64.9 Å². The molecule has 0 saturated carbocycles. The normalized spacial score (nSPS) is 10.7. The van der Waals surface area contributed by atoms with Gasteiger partial charge in [0.15, 0.2) is 0 Å². The number of nitrogens with one attached hydrogen (secondary N) is 2. The van der Waals surface area contributed by atoms with Crippen molar-refractivity contribution in [3.8, 4) is 0 Å². The van der Waals surface area contributed by atoms with Gasteiger partial charge in [0.2, 0.25) is 0 Å². The first kappa shape index (κ1) is 12.7. The maximum Gasteiger partial charge on any atom is 0.268 e. The minimum atomic E-state index is -0.178. The number of fused-ring (bicyclic) bond motifs is 1. The quantitative estimate of drug-likeness (QED) is 0.777. The fourth-order valence-electron chi connectivity index (χ4n) is 1.99. The van der Waals surface area contributed by atoms with Crippen LogP contribution in [0.1, 0.15) is 16.1 Å². The van der Waals surface area contributed by atoms with Crippen LogP contribution in [0.3, 0.4) is 0 Å². The second-order valence-electron chi connectivity index (χ2n) is 4.39. The van der Waals surface area contributed by atoms with Crippen LogP contribution in [0, 0.1) is 0 Å². The van der Waals surface area contributed by atoms with Crippen molar-refractivity contribution < 1.29 is 4.79 Å². The number of benzene rings is 1. The van der Waals surface area contributed by atoms with Crippen LogP contribution in [0.5, 0.6) is 0 Å². The monoisotopic (exact) mass is 285 g/mol. The summed E-state index contributed by atoms with van der Waals surface area (Å²) in [6, 6.07) is 12.9. The molecule has 0 aliphatic rings.